The van der Waals surface area contributed by atoms with Crippen molar-refractivity contribution in [2.75, 3.05) is 6.54 Å². The van der Waals surface area contributed by atoms with Crippen molar-refractivity contribution in [1.82, 2.24) is 15.5 Å². The van der Waals surface area contributed by atoms with Crippen molar-refractivity contribution in [1.29, 1.82) is 0 Å². The summed E-state index contributed by atoms with van der Waals surface area (Å²) < 4.78 is 5.36. The molecule has 2 heterocycles. The lowest BCUT2D eigenvalue weighted by atomic mass is 10.2. The van der Waals surface area contributed by atoms with Crippen LogP contribution in [-0.4, -0.2) is 40.0 Å². The SMILES string of the molecule is O=C(O)C1CCC(CNCc2cccnn2)O1. The molecule has 2 unspecified atom stereocenters. The molecule has 92 valence electrons. The number of nitrogens with zero attached hydrogens (tertiary/aromatic N) is 2. The molecule has 0 bridgehead atoms. The molecule has 2 N–H and O–H groups in total. The molecule has 0 amide bonds. The lowest BCUT2D eigenvalue weighted by Crippen LogP contribution is -2.28. The molecule has 0 aromatic carbocycles. The molecule has 1 aromatic heterocycles. The number of rotatable bonds is 5. The molecular formula is C11H15N3O3. The second-order valence-electron chi connectivity index (χ2n) is 4.01. The van der Waals surface area contributed by atoms with Crippen LogP contribution >= 0.6 is 0 Å². The number of carboxylic acids is 1. The summed E-state index contributed by atoms with van der Waals surface area (Å²) in [6.45, 7) is 1.26. The average molecular weight is 237 g/mol. The highest BCUT2D eigenvalue weighted by Crippen LogP contribution is 2.19. The van der Waals surface area contributed by atoms with Crippen molar-refractivity contribution < 1.29 is 14.6 Å². The van der Waals surface area contributed by atoms with Crippen LogP contribution in [0.3, 0.4) is 0 Å². The first-order chi connectivity index (χ1) is 8.25. The second kappa shape index (κ2) is 5.70. The van der Waals surface area contributed by atoms with Gasteiger partial charge in [-0.05, 0) is 25.0 Å². The Labute approximate surface area is 99.0 Å². The Balaban J connectivity index is 1.68. The van der Waals surface area contributed by atoms with Gasteiger partial charge in [0.2, 0.25) is 0 Å². The molecule has 6 heteroatoms. The number of aliphatic carboxylic acids is 1. The standard InChI is InChI=1S/C11H15N3O3/c15-11(16)10-4-3-9(17-10)7-12-6-8-2-1-5-13-14-8/h1-2,5,9-10,12H,3-4,6-7H2,(H,15,16). The molecular weight excluding hydrogens is 222 g/mol. The van der Waals surface area contributed by atoms with Crippen LogP contribution in [0.1, 0.15) is 18.5 Å². The number of carboxylic acid groups (broad SMARTS) is 1. The van der Waals surface area contributed by atoms with Crippen LogP contribution in [0, 0.1) is 0 Å². The Bertz CT molecular complexity index is 371. The van der Waals surface area contributed by atoms with Crippen LogP contribution in [0.15, 0.2) is 18.3 Å². The maximum absolute atomic E-state index is 10.7. The first kappa shape index (κ1) is 11.9. The molecule has 6 nitrogen and oxygen atoms in total. The molecule has 1 saturated heterocycles. The topological polar surface area (TPSA) is 84.3 Å². The molecule has 2 atom stereocenters. The van der Waals surface area contributed by atoms with E-state index in [1.807, 2.05) is 12.1 Å². The van der Waals surface area contributed by atoms with Crippen molar-refractivity contribution >= 4 is 5.97 Å². The Morgan fingerprint density at radius 1 is 1.59 bits per heavy atom. The van der Waals surface area contributed by atoms with Gasteiger partial charge in [-0.2, -0.15) is 10.2 Å². The summed E-state index contributed by atoms with van der Waals surface area (Å²) in [6, 6.07) is 3.71. The van der Waals surface area contributed by atoms with E-state index in [0.29, 0.717) is 19.5 Å². The van der Waals surface area contributed by atoms with E-state index in [2.05, 4.69) is 15.5 Å². The summed E-state index contributed by atoms with van der Waals surface area (Å²) in [5.74, 6) is -0.874. The third-order valence-electron chi connectivity index (χ3n) is 2.69. The van der Waals surface area contributed by atoms with Crippen molar-refractivity contribution in [2.45, 2.75) is 31.6 Å². The van der Waals surface area contributed by atoms with Crippen molar-refractivity contribution in [3.8, 4) is 0 Å². The summed E-state index contributed by atoms with van der Waals surface area (Å²) in [5.41, 5.74) is 0.861. The summed E-state index contributed by atoms with van der Waals surface area (Å²) in [6.07, 6.45) is 2.34. The van der Waals surface area contributed by atoms with Crippen LogP contribution in [0.2, 0.25) is 0 Å². The van der Waals surface area contributed by atoms with Crippen molar-refractivity contribution in [3.05, 3.63) is 24.0 Å². The van der Waals surface area contributed by atoms with Gasteiger partial charge in [0.1, 0.15) is 0 Å². The van der Waals surface area contributed by atoms with Gasteiger partial charge in [0, 0.05) is 19.3 Å². The normalized spacial score (nSPS) is 23.8. The minimum atomic E-state index is -0.874. The molecule has 2 rings (SSSR count). The summed E-state index contributed by atoms with van der Waals surface area (Å²) in [5, 5.41) is 19.7. The first-order valence-electron chi connectivity index (χ1n) is 5.61. The van der Waals surface area contributed by atoms with Crippen LogP contribution in [0.4, 0.5) is 0 Å². The van der Waals surface area contributed by atoms with Crippen LogP contribution < -0.4 is 5.32 Å². The smallest absolute Gasteiger partial charge is 0.332 e. The minimum absolute atomic E-state index is 0.0206. The fourth-order valence-electron chi connectivity index (χ4n) is 1.83. The van der Waals surface area contributed by atoms with Gasteiger partial charge in [0.05, 0.1) is 11.8 Å². The van der Waals surface area contributed by atoms with Gasteiger partial charge >= 0.3 is 5.97 Å². The fraction of sp³-hybridized carbons (Fsp3) is 0.545. The Morgan fingerprint density at radius 3 is 3.12 bits per heavy atom. The Morgan fingerprint density at radius 2 is 2.47 bits per heavy atom. The Hall–Kier alpha value is -1.53. The molecule has 17 heavy (non-hydrogen) atoms. The van der Waals surface area contributed by atoms with Crippen molar-refractivity contribution in [3.63, 3.8) is 0 Å². The molecule has 1 aliphatic heterocycles. The zero-order valence-electron chi connectivity index (χ0n) is 9.37. The van der Waals surface area contributed by atoms with Gasteiger partial charge in [0.25, 0.3) is 0 Å². The number of hydrogen-bond acceptors (Lipinski definition) is 5. The average Bonchev–Trinajstić information content (AvgIpc) is 2.79. The van der Waals surface area contributed by atoms with Gasteiger partial charge in [-0.25, -0.2) is 4.79 Å². The van der Waals surface area contributed by atoms with Crippen LogP contribution in [-0.2, 0) is 16.1 Å². The summed E-state index contributed by atoms with van der Waals surface area (Å²) >= 11 is 0. The van der Waals surface area contributed by atoms with E-state index in [-0.39, 0.29) is 6.10 Å². The highest BCUT2D eigenvalue weighted by molar-refractivity contribution is 5.72. The molecule has 1 fully saturated rings. The van der Waals surface area contributed by atoms with E-state index in [0.717, 1.165) is 12.1 Å². The third-order valence-corrected chi connectivity index (χ3v) is 2.69. The largest absolute Gasteiger partial charge is 0.479 e. The van der Waals surface area contributed by atoms with E-state index in [1.165, 1.54) is 0 Å². The molecule has 1 aromatic rings. The number of ether oxygens (including phenoxy) is 1. The highest BCUT2D eigenvalue weighted by atomic mass is 16.5. The van der Waals surface area contributed by atoms with Gasteiger partial charge < -0.3 is 15.2 Å². The van der Waals surface area contributed by atoms with Crippen LogP contribution in [0.25, 0.3) is 0 Å². The van der Waals surface area contributed by atoms with E-state index in [9.17, 15) is 4.79 Å². The second-order valence-corrected chi connectivity index (χ2v) is 4.01. The zero-order valence-corrected chi connectivity index (χ0v) is 9.37. The number of nitrogens with one attached hydrogen (secondary N) is 1. The lowest BCUT2D eigenvalue weighted by molar-refractivity contribution is -0.149. The lowest BCUT2D eigenvalue weighted by Gasteiger charge is -2.11. The van der Waals surface area contributed by atoms with Gasteiger partial charge in [-0.3, -0.25) is 0 Å². The van der Waals surface area contributed by atoms with Gasteiger partial charge in [0.15, 0.2) is 6.10 Å². The summed E-state index contributed by atoms with van der Waals surface area (Å²) in [7, 11) is 0. The maximum atomic E-state index is 10.7. The monoisotopic (exact) mass is 237 g/mol. The molecule has 0 saturated carbocycles. The number of aromatic nitrogens is 2. The predicted molar refractivity (Wildman–Crippen MR) is 59.3 cm³/mol. The molecule has 1 aliphatic rings. The molecule has 0 radical (unpaired) electrons. The van der Waals surface area contributed by atoms with E-state index < -0.39 is 12.1 Å². The number of hydrogen-bond donors (Lipinski definition) is 2. The van der Waals surface area contributed by atoms with Crippen LogP contribution in [0.5, 0.6) is 0 Å². The van der Waals surface area contributed by atoms with E-state index in [4.69, 9.17) is 9.84 Å². The number of carbonyl (C=O) groups is 1. The van der Waals surface area contributed by atoms with Crippen molar-refractivity contribution in [2.24, 2.45) is 0 Å². The van der Waals surface area contributed by atoms with Gasteiger partial charge in [-0.1, -0.05) is 0 Å². The highest BCUT2D eigenvalue weighted by Gasteiger charge is 2.29. The first-order valence-corrected chi connectivity index (χ1v) is 5.61. The predicted octanol–water partition coefficient (Wildman–Crippen LogP) is 0.198. The molecule has 0 aliphatic carbocycles. The summed E-state index contributed by atoms with van der Waals surface area (Å²) in [4.78, 5) is 10.7. The van der Waals surface area contributed by atoms with E-state index in [1.54, 1.807) is 6.20 Å². The van der Waals surface area contributed by atoms with Gasteiger partial charge in [-0.15, -0.1) is 0 Å². The van der Waals surface area contributed by atoms with E-state index >= 15 is 0 Å². The molecule has 0 spiro atoms. The zero-order chi connectivity index (χ0) is 12.1. The quantitative estimate of drug-likeness (QED) is 0.761. The minimum Gasteiger partial charge on any atom is -0.479 e. The third kappa shape index (κ3) is 3.47. The fourth-order valence-corrected chi connectivity index (χ4v) is 1.83. The Kier molecular flexibility index (Phi) is 4.00. The maximum Gasteiger partial charge on any atom is 0.332 e.